The molecule has 6 heteroatoms. The Labute approximate surface area is 159 Å². The molecule has 0 aliphatic carbocycles. The highest BCUT2D eigenvalue weighted by molar-refractivity contribution is 5.85. The van der Waals surface area contributed by atoms with Crippen LogP contribution in [0.15, 0.2) is 42.5 Å². The smallest absolute Gasteiger partial charge is 0.279 e. The third-order valence-electron chi connectivity index (χ3n) is 4.10. The second kappa shape index (κ2) is 9.62. The van der Waals surface area contributed by atoms with Gasteiger partial charge in [-0.1, -0.05) is 37.3 Å². The van der Waals surface area contributed by atoms with Crippen LogP contribution in [0.1, 0.15) is 30.5 Å². The summed E-state index contributed by atoms with van der Waals surface area (Å²) in [6, 6.07) is 13.3. The second-order valence-corrected chi connectivity index (χ2v) is 6.30. The fourth-order valence-corrected chi connectivity index (χ4v) is 2.49. The van der Waals surface area contributed by atoms with Crippen LogP contribution in [0.5, 0.6) is 11.5 Å². The van der Waals surface area contributed by atoms with Crippen molar-refractivity contribution in [2.75, 3.05) is 6.61 Å². The minimum atomic E-state index is -0.752. The Morgan fingerprint density at radius 2 is 1.63 bits per heavy atom. The molecule has 0 radical (unpaired) electrons. The van der Waals surface area contributed by atoms with Crippen LogP contribution >= 0.6 is 0 Å². The molecule has 2 N–H and O–H groups in total. The Balaban J connectivity index is 1.77. The highest BCUT2D eigenvalue weighted by Crippen LogP contribution is 2.22. The lowest BCUT2D eigenvalue weighted by atomic mass is 10.1. The average molecular weight is 370 g/mol. The number of carbonyl (C=O) groups is 2. The SMILES string of the molecule is CCc1ccc(OC(C)C(=O)NNC(=O)COc2c(C)cccc2C)cc1. The van der Waals surface area contributed by atoms with Gasteiger partial charge >= 0.3 is 0 Å². The number of aryl methyl sites for hydroxylation is 3. The molecular formula is C21H26N2O4. The van der Waals surface area contributed by atoms with Gasteiger partial charge in [-0.2, -0.15) is 0 Å². The van der Waals surface area contributed by atoms with Gasteiger partial charge in [-0.25, -0.2) is 0 Å². The summed E-state index contributed by atoms with van der Waals surface area (Å²) >= 11 is 0. The van der Waals surface area contributed by atoms with Crippen molar-refractivity contribution in [2.24, 2.45) is 0 Å². The van der Waals surface area contributed by atoms with E-state index < -0.39 is 17.9 Å². The summed E-state index contributed by atoms with van der Waals surface area (Å²) in [5.74, 6) is 0.367. The molecule has 0 spiro atoms. The Hall–Kier alpha value is -3.02. The summed E-state index contributed by atoms with van der Waals surface area (Å²) < 4.78 is 11.1. The number of benzene rings is 2. The van der Waals surface area contributed by atoms with Crippen molar-refractivity contribution in [3.05, 3.63) is 59.2 Å². The molecule has 0 heterocycles. The Kier molecular flexibility index (Phi) is 7.23. The summed E-state index contributed by atoms with van der Waals surface area (Å²) in [5, 5.41) is 0. The molecule has 0 aliphatic rings. The summed E-state index contributed by atoms with van der Waals surface area (Å²) in [7, 11) is 0. The Morgan fingerprint density at radius 3 is 2.22 bits per heavy atom. The van der Waals surface area contributed by atoms with E-state index in [9.17, 15) is 9.59 Å². The molecule has 2 rings (SSSR count). The largest absolute Gasteiger partial charge is 0.483 e. The van der Waals surface area contributed by atoms with Gasteiger partial charge in [-0.15, -0.1) is 0 Å². The fourth-order valence-electron chi connectivity index (χ4n) is 2.49. The number of carbonyl (C=O) groups excluding carboxylic acids is 2. The van der Waals surface area contributed by atoms with Gasteiger partial charge in [0.05, 0.1) is 0 Å². The van der Waals surface area contributed by atoms with Crippen LogP contribution < -0.4 is 20.3 Å². The van der Waals surface area contributed by atoms with Crippen molar-refractivity contribution in [2.45, 2.75) is 40.2 Å². The summed E-state index contributed by atoms with van der Waals surface area (Å²) in [4.78, 5) is 24.0. The molecular weight excluding hydrogens is 344 g/mol. The van der Waals surface area contributed by atoms with Crippen LogP contribution in [0.25, 0.3) is 0 Å². The van der Waals surface area contributed by atoms with Gasteiger partial charge < -0.3 is 9.47 Å². The van der Waals surface area contributed by atoms with Gasteiger partial charge in [0.15, 0.2) is 12.7 Å². The van der Waals surface area contributed by atoms with E-state index in [1.54, 1.807) is 6.92 Å². The zero-order valence-electron chi connectivity index (χ0n) is 16.2. The van der Waals surface area contributed by atoms with Gasteiger partial charge in [0.25, 0.3) is 11.8 Å². The molecule has 27 heavy (non-hydrogen) atoms. The third kappa shape index (κ3) is 6.02. The van der Waals surface area contributed by atoms with Gasteiger partial charge in [-0.3, -0.25) is 20.4 Å². The van der Waals surface area contributed by atoms with Crippen molar-refractivity contribution < 1.29 is 19.1 Å². The van der Waals surface area contributed by atoms with Crippen molar-refractivity contribution >= 4 is 11.8 Å². The van der Waals surface area contributed by atoms with Crippen molar-refractivity contribution in [1.29, 1.82) is 0 Å². The summed E-state index contributed by atoms with van der Waals surface area (Å²) in [5.41, 5.74) is 7.76. The predicted octanol–water partition coefficient (Wildman–Crippen LogP) is 2.86. The minimum Gasteiger partial charge on any atom is -0.483 e. The van der Waals surface area contributed by atoms with Crippen LogP contribution in [0.4, 0.5) is 0 Å². The molecule has 144 valence electrons. The van der Waals surface area contributed by atoms with E-state index in [2.05, 4.69) is 17.8 Å². The van der Waals surface area contributed by atoms with E-state index in [4.69, 9.17) is 9.47 Å². The Morgan fingerprint density at radius 1 is 1.00 bits per heavy atom. The van der Waals surface area contributed by atoms with Crippen LogP contribution in [0.2, 0.25) is 0 Å². The maximum atomic E-state index is 12.1. The number of para-hydroxylation sites is 1. The van der Waals surface area contributed by atoms with E-state index in [0.717, 1.165) is 17.5 Å². The first-order valence-electron chi connectivity index (χ1n) is 8.94. The van der Waals surface area contributed by atoms with Gasteiger partial charge in [0.2, 0.25) is 0 Å². The van der Waals surface area contributed by atoms with Crippen molar-refractivity contribution in [3.8, 4) is 11.5 Å². The van der Waals surface area contributed by atoms with Crippen LogP contribution in [-0.4, -0.2) is 24.5 Å². The number of hydrogen-bond donors (Lipinski definition) is 2. The fraction of sp³-hybridized carbons (Fsp3) is 0.333. The number of ether oxygens (including phenoxy) is 2. The molecule has 2 amide bonds. The summed E-state index contributed by atoms with van der Waals surface area (Å²) in [6.45, 7) is 7.31. The molecule has 6 nitrogen and oxygen atoms in total. The van der Waals surface area contributed by atoms with Gasteiger partial charge in [0.1, 0.15) is 11.5 Å². The maximum Gasteiger partial charge on any atom is 0.279 e. The molecule has 0 aromatic heterocycles. The standard InChI is InChI=1S/C21H26N2O4/c1-5-17-9-11-18(12-10-17)27-16(4)21(25)23-22-19(24)13-26-20-14(2)7-6-8-15(20)3/h6-12,16H,5,13H2,1-4H3,(H,22,24)(H,23,25). The lowest BCUT2D eigenvalue weighted by molar-refractivity contribution is -0.133. The highest BCUT2D eigenvalue weighted by Gasteiger charge is 2.16. The molecule has 2 aromatic rings. The minimum absolute atomic E-state index is 0.195. The maximum absolute atomic E-state index is 12.1. The van der Waals surface area contributed by atoms with Crippen LogP contribution in [0, 0.1) is 13.8 Å². The molecule has 1 atom stereocenters. The second-order valence-electron chi connectivity index (χ2n) is 6.30. The molecule has 0 saturated heterocycles. The average Bonchev–Trinajstić information content (AvgIpc) is 2.66. The zero-order chi connectivity index (χ0) is 19.8. The first-order chi connectivity index (χ1) is 12.9. The van der Waals surface area contributed by atoms with Crippen molar-refractivity contribution in [3.63, 3.8) is 0 Å². The number of hydrazine groups is 1. The van der Waals surface area contributed by atoms with E-state index in [1.807, 2.05) is 56.3 Å². The zero-order valence-corrected chi connectivity index (χ0v) is 16.2. The van der Waals surface area contributed by atoms with Crippen LogP contribution in [-0.2, 0) is 16.0 Å². The van der Waals surface area contributed by atoms with Crippen molar-refractivity contribution in [1.82, 2.24) is 10.9 Å². The Bertz CT molecular complexity index is 767. The van der Waals surface area contributed by atoms with E-state index in [-0.39, 0.29) is 6.61 Å². The number of amides is 2. The van der Waals surface area contributed by atoms with Gasteiger partial charge in [0, 0.05) is 0 Å². The number of nitrogens with one attached hydrogen (secondary N) is 2. The van der Waals surface area contributed by atoms with E-state index in [0.29, 0.717) is 11.5 Å². The molecule has 1 unspecified atom stereocenters. The summed E-state index contributed by atoms with van der Waals surface area (Å²) in [6.07, 6.45) is 0.184. The first-order valence-corrected chi connectivity index (χ1v) is 8.94. The molecule has 0 aliphatic heterocycles. The van der Waals surface area contributed by atoms with Crippen LogP contribution in [0.3, 0.4) is 0 Å². The monoisotopic (exact) mass is 370 g/mol. The third-order valence-corrected chi connectivity index (χ3v) is 4.10. The molecule has 0 bridgehead atoms. The molecule has 2 aromatic carbocycles. The molecule has 0 saturated carbocycles. The normalized spacial score (nSPS) is 11.4. The lowest BCUT2D eigenvalue weighted by Gasteiger charge is -2.16. The highest BCUT2D eigenvalue weighted by atomic mass is 16.5. The van der Waals surface area contributed by atoms with Gasteiger partial charge in [-0.05, 0) is 56.0 Å². The molecule has 0 fully saturated rings. The number of rotatable bonds is 7. The lowest BCUT2D eigenvalue weighted by Crippen LogP contribution is -2.48. The predicted molar refractivity (Wildman–Crippen MR) is 104 cm³/mol. The topological polar surface area (TPSA) is 76.7 Å². The number of hydrogen-bond acceptors (Lipinski definition) is 4. The van der Waals surface area contributed by atoms with E-state index in [1.165, 1.54) is 5.56 Å². The van der Waals surface area contributed by atoms with E-state index >= 15 is 0 Å². The quantitative estimate of drug-likeness (QED) is 0.735. The first kappa shape index (κ1) is 20.3.